The Morgan fingerprint density at radius 2 is 2.21 bits per heavy atom. The predicted molar refractivity (Wildman–Crippen MR) is 100 cm³/mol. The number of hydrogen-bond donors (Lipinski definition) is 1. The second kappa shape index (κ2) is 8.28. The Labute approximate surface area is 163 Å². The first kappa shape index (κ1) is 20.3. The summed E-state index contributed by atoms with van der Waals surface area (Å²) in [4.78, 5) is 16.3. The van der Waals surface area contributed by atoms with Crippen molar-refractivity contribution < 1.29 is 23.6 Å². The van der Waals surface area contributed by atoms with Crippen molar-refractivity contribution in [1.29, 1.82) is 0 Å². The van der Waals surface area contributed by atoms with E-state index in [9.17, 15) is 14.3 Å². The molecule has 0 saturated carbocycles. The number of methoxy groups -OCH3 is 1. The topological polar surface area (TPSA) is 79.0 Å². The smallest absolute Gasteiger partial charge is 0.256 e. The van der Waals surface area contributed by atoms with E-state index in [0.29, 0.717) is 43.0 Å². The van der Waals surface area contributed by atoms with Gasteiger partial charge < -0.3 is 19.3 Å². The molecule has 0 aliphatic carbocycles. The van der Waals surface area contributed by atoms with Crippen LogP contribution < -0.4 is 4.74 Å². The molecule has 1 aromatic heterocycles. The van der Waals surface area contributed by atoms with E-state index in [0.717, 1.165) is 5.69 Å². The Morgan fingerprint density at radius 3 is 2.89 bits per heavy atom. The fourth-order valence-corrected chi connectivity index (χ4v) is 3.63. The molecule has 0 bridgehead atoms. The van der Waals surface area contributed by atoms with Crippen LogP contribution in [0.4, 0.5) is 4.39 Å². The number of likely N-dealkylation sites (tertiary alicyclic amines) is 1. The molecule has 0 spiro atoms. The number of benzene rings is 1. The SMILES string of the molecule is COc1ccc(F)c(CN2CCCC(O)(CN(C)Cc3cc(C)no3)C2=O)c1. The van der Waals surface area contributed by atoms with E-state index >= 15 is 0 Å². The zero-order chi connectivity index (χ0) is 20.3. The Kier molecular flexibility index (Phi) is 6.00. The number of ether oxygens (including phenoxy) is 1. The van der Waals surface area contributed by atoms with Gasteiger partial charge in [0.15, 0.2) is 11.4 Å². The predicted octanol–water partition coefficient (Wildman–Crippen LogP) is 2.12. The molecule has 1 N–H and O–H groups in total. The highest BCUT2D eigenvalue weighted by Crippen LogP contribution is 2.27. The van der Waals surface area contributed by atoms with E-state index < -0.39 is 11.4 Å². The van der Waals surface area contributed by atoms with Gasteiger partial charge in [0.25, 0.3) is 5.91 Å². The number of carbonyl (C=O) groups excluding carboxylic acids is 1. The lowest BCUT2D eigenvalue weighted by molar-refractivity contribution is -0.160. The maximum atomic E-state index is 14.2. The Hall–Kier alpha value is -2.45. The van der Waals surface area contributed by atoms with Crippen LogP contribution in [0.3, 0.4) is 0 Å². The van der Waals surface area contributed by atoms with Gasteiger partial charge >= 0.3 is 0 Å². The van der Waals surface area contributed by atoms with Crippen molar-refractivity contribution in [3.63, 3.8) is 0 Å². The molecule has 2 heterocycles. The molecule has 7 nitrogen and oxygen atoms in total. The summed E-state index contributed by atoms with van der Waals surface area (Å²) in [6.07, 6.45) is 1.01. The summed E-state index contributed by atoms with van der Waals surface area (Å²) < 4.78 is 24.5. The lowest BCUT2D eigenvalue weighted by atomic mass is 9.90. The number of rotatable bonds is 7. The zero-order valence-corrected chi connectivity index (χ0v) is 16.4. The number of amides is 1. The lowest BCUT2D eigenvalue weighted by Gasteiger charge is -2.40. The van der Waals surface area contributed by atoms with Crippen LogP contribution in [0.1, 0.15) is 29.9 Å². The van der Waals surface area contributed by atoms with Crippen LogP contribution >= 0.6 is 0 Å². The maximum Gasteiger partial charge on any atom is 0.256 e. The molecular formula is C20H26FN3O4. The first-order chi connectivity index (χ1) is 13.3. The van der Waals surface area contributed by atoms with Gasteiger partial charge in [-0.05, 0) is 45.0 Å². The van der Waals surface area contributed by atoms with Gasteiger partial charge in [0.05, 0.1) is 19.3 Å². The number of carbonyl (C=O) groups is 1. The largest absolute Gasteiger partial charge is 0.497 e. The summed E-state index contributed by atoms with van der Waals surface area (Å²) in [5, 5.41) is 14.9. The van der Waals surface area contributed by atoms with Crippen LogP contribution in [0.5, 0.6) is 5.75 Å². The van der Waals surface area contributed by atoms with Crippen LogP contribution in [-0.4, -0.2) is 58.8 Å². The van der Waals surface area contributed by atoms with E-state index in [1.54, 1.807) is 6.07 Å². The Balaban J connectivity index is 1.68. The van der Waals surface area contributed by atoms with Crippen molar-refractivity contribution in [3.05, 3.63) is 47.1 Å². The number of hydrogen-bond acceptors (Lipinski definition) is 6. The van der Waals surface area contributed by atoms with Gasteiger partial charge in [-0.15, -0.1) is 0 Å². The third kappa shape index (κ3) is 4.51. The van der Waals surface area contributed by atoms with Crippen molar-refractivity contribution in [2.24, 2.45) is 0 Å². The third-order valence-corrected chi connectivity index (χ3v) is 4.95. The van der Waals surface area contributed by atoms with Crippen molar-refractivity contribution in [2.75, 3.05) is 27.2 Å². The first-order valence-corrected chi connectivity index (χ1v) is 9.25. The Morgan fingerprint density at radius 1 is 1.43 bits per heavy atom. The second-order valence-electron chi connectivity index (χ2n) is 7.43. The van der Waals surface area contributed by atoms with Crippen LogP contribution in [0.2, 0.25) is 0 Å². The fourth-order valence-electron chi connectivity index (χ4n) is 3.63. The van der Waals surface area contributed by atoms with Crippen LogP contribution in [0.25, 0.3) is 0 Å². The van der Waals surface area contributed by atoms with Crippen molar-refractivity contribution in [2.45, 2.75) is 38.5 Å². The minimum atomic E-state index is -1.52. The number of halogens is 1. The van der Waals surface area contributed by atoms with E-state index in [1.165, 1.54) is 24.1 Å². The molecule has 1 atom stereocenters. The van der Waals surface area contributed by atoms with Crippen molar-refractivity contribution in [1.82, 2.24) is 15.0 Å². The molecule has 1 aliphatic rings. The maximum absolute atomic E-state index is 14.2. The highest BCUT2D eigenvalue weighted by molar-refractivity contribution is 5.86. The van der Waals surface area contributed by atoms with Crippen LogP contribution in [0.15, 0.2) is 28.8 Å². The molecule has 1 aliphatic heterocycles. The van der Waals surface area contributed by atoms with Crippen LogP contribution in [0, 0.1) is 12.7 Å². The van der Waals surface area contributed by atoms with Crippen molar-refractivity contribution in [3.8, 4) is 5.75 Å². The van der Waals surface area contributed by atoms with Crippen molar-refractivity contribution >= 4 is 5.91 Å². The summed E-state index contributed by atoms with van der Waals surface area (Å²) in [6, 6.07) is 6.26. The molecule has 0 radical (unpaired) electrons. The van der Waals surface area contributed by atoms with Crippen LogP contribution in [-0.2, 0) is 17.9 Å². The summed E-state index contributed by atoms with van der Waals surface area (Å²) in [5.41, 5.74) is -0.373. The lowest BCUT2D eigenvalue weighted by Crippen LogP contribution is -2.57. The quantitative estimate of drug-likeness (QED) is 0.779. The summed E-state index contributed by atoms with van der Waals surface area (Å²) >= 11 is 0. The van der Waals surface area contributed by atoms with Gasteiger partial charge in [-0.3, -0.25) is 9.69 Å². The van der Waals surface area contributed by atoms with E-state index in [1.807, 2.05) is 24.9 Å². The highest BCUT2D eigenvalue weighted by atomic mass is 19.1. The van der Waals surface area contributed by atoms with Gasteiger partial charge in [0.1, 0.15) is 11.6 Å². The van der Waals surface area contributed by atoms with Gasteiger partial charge in [0.2, 0.25) is 0 Å². The van der Waals surface area contributed by atoms with Gasteiger partial charge in [-0.2, -0.15) is 0 Å². The standard InChI is InChI=1S/C20H26FN3O4/c1-14-9-17(28-22-14)12-23(2)13-20(26)7-4-8-24(19(20)25)11-15-10-16(27-3)5-6-18(15)21/h5-6,9-10,26H,4,7-8,11-13H2,1-3H3. The molecule has 1 saturated heterocycles. The number of aryl methyl sites for hydroxylation is 1. The third-order valence-electron chi connectivity index (χ3n) is 4.95. The Bertz CT molecular complexity index is 841. The molecule has 3 rings (SSSR count). The average Bonchev–Trinajstić information content (AvgIpc) is 3.05. The molecule has 2 aromatic rings. The minimum absolute atomic E-state index is 0.0924. The summed E-state index contributed by atoms with van der Waals surface area (Å²) in [7, 11) is 3.32. The first-order valence-electron chi connectivity index (χ1n) is 9.25. The highest BCUT2D eigenvalue weighted by Gasteiger charge is 2.43. The molecule has 1 amide bonds. The molecule has 28 heavy (non-hydrogen) atoms. The number of aromatic nitrogens is 1. The molecule has 152 valence electrons. The van der Waals surface area contributed by atoms with Gasteiger partial charge in [-0.25, -0.2) is 4.39 Å². The van der Waals surface area contributed by atoms with Gasteiger partial charge in [0, 0.05) is 31.3 Å². The fraction of sp³-hybridized carbons (Fsp3) is 0.500. The molecule has 1 aromatic carbocycles. The molecule has 1 unspecified atom stereocenters. The minimum Gasteiger partial charge on any atom is -0.497 e. The second-order valence-corrected chi connectivity index (χ2v) is 7.43. The zero-order valence-electron chi connectivity index (χ0n) is 16.4. The van der Waals surface area contributed by atoms with E-state index in [-0.39, 0.29) is 19.0 Å². The van der Waals surface area contributed by atoms with Gasteiger partial charge in [-0.1, -0.05) is 5.16 Å². The number of nitrogens with zero attached hydrogens (tertiary/aromatic N) is 3. The molecule has 8 heteroatoms. The monoisotopic (exact) mass is 391 g/mol. The normalized spacial score (nSPS) is 20.1. The van der Waals surface area contributed by atoms with E-state index in [2.05, 4.69) is 5.16 Å². The molecule has 1 fully saturated rings. The average molecular weight is 391 g/mol. The van der Waals surface area contributed by atoms with E-state index in [4.69, 9.17) is 9.26 Å². The number of piperidine rings is 1. The number of likely N-dealkylation sites (N-methyl/N-ethyl adjacent to an activating group) is 1. The summed E-state index contributed by atoms with van der Waals surface area (Å²) in [5.74, 6) is 0.405. The molecular weight excluding hydrogens is 365 g/mol. The summed E-state index contributed by atoms with van der Waals surface area (Å²) in [6.45, 7) is 2.99. The number of aliphatic hydroxyl groups is 1.